The summed E-state index contributed by atoms with van der Waals surface area (Å²) in [6.45, 7) is 4.34. The molecule has 0 aromatic carbocycles. The number of nitrogens with one attached hydrogen (secondary N) is 1. The van der Waals surface area contributed by atoms with Crippen LogP contribution in [0.2, 0.25) is 0 Å². The van der Waals surface area contributed by atoms with Gasteiger partial charge in [0.15, 0.2) is 5.75 Å². The Kier molecular flexibility index (Phi) is 3.87. The summed E-state index contributed by atoms with van der Waals surface area (Å²) in [5.74, 6) is 1.67. The Morgan fingerprint density at radius 2 is 2.24 bits per heavy atom. The number of hydrogen-bond donors (Lipinski definition) is 1. The van der Waals surface area contributed by atoms with Crippen molar-refractivity contribution in [3.05, 3.63) is 18.0 Å². The molecule has 0 bridgehead atoms. The van der Waals surface area contributed by atoms with Crippen LogP contribution in [0.5, 0.6) is 5.75 Å². The predicted molar refractivity (Wildman–Crippen MR) is 70.6 cm³/mol. The Balaban J connectivity index is 2.08. The first-order valence-electron chi connectivity index (χ1n) is 6.46. The molecule has 94 valence electrons. The van der Waals surface area contributed by atoms with Crippen LogP contribution in [0, 0.1) is 12.8 Å². The molecule has 1 aliphatic rings. The van der Waals surface area contributed by atoms with E-state index in [0.29, 0.717) is 6.04 Å². The van der Waals surface area contributed by atoms with Gasteiger partial charge < -0.3 is 10.1 Å². The Bertz CT molecular complexity index is 378. The standard InChI is InChI=1S/C14H22N2O/c1-10-5-4-6-12(7-10)16-13-8-11(2)15-9-14(13)17-3/h8-10,12H,4-7H2,1-3H3,(H,15,16). The quantitative estimate of drug-likeness (QED) is 0.870. The maximum absolute atomic E-state index is 5.34. The van der Waals surface area contributed by atoms with Gasteiger partial charge in [-0.3, -0.25) is 4.98 Å². The lowest BCUT2D eigenvalue weighted by Crippen LogP contribution is -2.26. The summed E-state index contributed by atoms with van der Waals surface area (Å²) < 4.78 is 5.34. The molecular weight excluding hydrogens is 212 g/mol. The van der Waals surface area contributed by atoms with E-state index in [1.54, 1.807) is 13.3 Å². The summed E-state index contributed by atoms with van der Waals surface area (Å²) >= 11 is 0. The van der Waals surface area contributed by atoms with Crippen molar-refractivity contribution in [1.29, 1.82) is 0 Å². The predicted octanol–water partition coefficient (Wildman–Crippen LogP) is 3.39. The minimum absolute atomic E-state index is 0.578. The number of hydrogen-bond acceptors (Lipinski definition) is 3. The van der Waals surface area contributed by atoms with Gasteiger partial charge in [-0.15, -0.1) is 0 Å². The molecule has 0 aliphatic heterocycles. The van der Waals surface area contributed by atoms with Crippen LogP contribution in [0.3, 0.4) is 0 Å². The van der Waals surface area contributed by atoms with Crippen molar-refractivity contribution in [2.75, 3.05) is 12.4 Å². The topological polar surface area (TPSA) is 34.1 Å². The van der Waals surface area contributed by atoms with Crippen molar-refractivity contribution in [2.45, 2.75) is 45.6 Å². The van der Waals surface area contributed by atoms with Crippen molar-refractivity contribution in [3.8, 4) is 5.75 Å². The fourth-order valence-corrected chi connectivity index (χ4v) is 2.61. The zero-order chi connectivity index (χ0) is 12.3. The van der Waals surface area contributed by atoms with E-state index in [0.717, 1.165) is 23.0 Å². The normalized spacial score (nSPS) is 24.4. The monoisotopic (exact) mass is 234 g/mol. The second-order valence-corrected chi connectivity index (χ2v) is 5.14. The summed E-state index contributed by atoms with van der Waals surface area (Å²) in [7, 11) is 1.70. The molecule has 1 N–H and O–H groups in total. The smallest absolute Gasteiger partial charge is 0.160 e. The summed E-state index contributed by atoms with van der Waals surface area (Å²) in [5.41, 5.74) is 2.11. The third-order valence-corrected chi connectivity index (χ3v) is 3.52. The highest BCUT2D eigenvalue weighted by atomic mass is 16.5. The third-order valence-electron chi connectivity index (χ3n) is 3.52. The highest BCUT2D eigenvalue weighted by Gasteiger charge is 2.19. The highest BCUT2D eigenvalue weighted by Crippen LogP contribution is 2.30. The first kappa shape index (κ1) is 12.2. The van der Waals surface area contributed by atoms with E-state index in [-0.39, 0.29) is 0 Å². The molecule has 17 heavy (non-hydrogen) atoms. The van der Waals surface area contributed by atoms with Crippen LogP contribution >= 0.6 is 0 Å². The molecule has 2 atom stereocenters. The number of pyridine rings is 1. The molecule has 1 heterocycles. The van der Waals surface area contributed by atoms with Gasteiger partial charge in [-0.05, 0) is 31.7 Å². The van der Waals surface area contributed by atoms with Crippen LogP contribution in [0.4, 0.5) is 5.69 Å². The summed E-state index contributed by atoms with van der Waals surface area (Å²) in [4.78, 5) is 4.25. The average molecular weight is 234 g/mol. The molecule has 2 rings (SSSR count). The van der Waals surface area contributed by atoms with Gasteiger partial charge in [0.1, 0.15) is 0 Å². The zero-order valence-electron chi connectivity index (χ0n) is 11.0. The fraction of sp³-hybridized carbons (Fsp3) is 0.643. The van der Waals surface area contributed by atoms with Gasteiger partial charge in [0.05, 0.1) is 19.0 Å². The van der Waals surface area contributed by atoms with Crippen LogP contribution < -0.4 is 10.1 Å². The van der Waals surface area contributed by atoms with Crippen LogP contribution in [0.15, 0.2) is 12.3 Å². The molecule has 3 nitrogen and oxygen atoms in total. The molecule has 1 aromatic heterocycles. The molecule has 1 aliphatic carbocycles. The lowest BCUT2D eigenvalue weighted by atomic mass is 9.87. The molecule has 1 aromatic rings. The lowest BCUT2D eigenvalue weighted by Gasteiger charge is -2.28. The lowest BCUT2D eigenvalue weighted by molar-refractivity contribution is 0.356. The Morgan fingerprint density at radius 3 is 2.94 bits per heavy atom. The highest BCUT2D eigenvalue weighted by molar-refractivity contribution is 5.56. The van der Waals surface area contributed by atoms with Crippen molar-refractivity contribution >= 4 is 5.69 Å². The van der Waals surface area contributed by atoms with Crippen LogP contribution in [0.25, 0.3) is 0 Å². The van der Waals surface area contributed by atoms with Crippen LogP contribution in [0.1, 0.15) is 38.3 Å². The van der Waals surface area contributed by atoms with Gasteiger partial charge in [-0.1, -0.05) is 19.8 Å². The third kappa shape index (κ3) is 3.11. The van der Waals surface area contributed by atoms with Gasteiger partial charge in [0.2, 0.25) is 0 Å². The summed E-state index contributed by atoms with van der Waals surface area (Å²) in [5, 5.41) is 3.61. The number of nitrogens with zero attached hydrogens (tertiary/aromatic N) is 1. The second-order valence-electron chi connectivity index (χ2n) is 5.14. The number of methoxy groups -OCH3 is 1. The number of ether oxygens (including phenoxy) is 1. The van der Waals surface area contributed by atoms with Crippen LogP contribution in [-0.2, 0) is 0 Å². The molecule has 2 unspecified atom stereocenters. The second kappa shape index (κ2) is 5.39. The number of rotatable bonds is 3. The maximum atomic E-state index is 5.34. The average Bonchev–Trinajstić information content (AvgIpc) is 2.29. The van der Waals surface area contributed by atoms with Crippen molar-refractivity contribution in [3.63, 3.8) is 0 Å². The first-order chi connectivity index (χ1) is 8.19. The first-order valence-corrected chi connectivity index (χ1v) is 6.46. The Morgan fingerprint density at radius 1 is 1.41 bits per heavy atom. The van der Waals surface area contributed by atoms with E-state index in [9.17, 15) is 0 Å². The Hall–Kier alpha value is -1.25. The number of aromatic nitrogens is 1. The SMILES string of the molecule is COc1cnc(C)cc1NC1CCCC(C)C1. The molecule has 1 fully saturated rings. The van der Waals surface area contributed by atoms with E-state index in [4.69, 9.17) is 4.74 Å². The zero-order valence-corrected chi connectivity index (χ0v) is 11.0. The van der Waals surface area contributed by atoms with Gasteiger partial charge >= 0.3 is 0 Å². The Labute approximate surface area is 104 Å². The molecule has 0 radical (unpaired) electrons. The largest absolute Gasteiger partial charge is 0.493 e. The molecule has 0 saturated heterocycles. The fourth-order valence-electron chi connectivity index (χ4n) is 2.61. The van der Waals surface area contributed by atoms with Gasteiger partial charge in [0, 0.05) is 11.7 Å². The minimum atomic E-state index is 0.578. The van der Waals surface area contributed by atoms with Crippen molar-refractivity contribution in [1.82, 2.24) is 4.98 Å². The summed E-state index contributed by atoms with van der Waals surface area (Å²) in [6, 6.07) is 2.65. The van der Waals surface area contributed by atoms with Crippen molar-refractivity contribution < 1.29 is 4.74 Å². The van der Waals surface area contributed by atoms with E-state index >= 15 is 0 Å². The molecule has 3 heteroatoms. The van der Waals surface area contributed by atoms with E-state index in [2.05, 4.69) is 23.3 Å². The van der Waals surface area contributed by atoms with E-state index < -0.39 is 0 Å². The minimum Gasteiger partial charge on any atom is -0.493 e. The summed E-state index contributed by atoms with van der Waals surface area (Å²) in [6.07, 6.45) is 7.00. The molecule has 0 amide bonds. The van der Waals surface area contributed by atoms with E-state index in [1.807, 2.05) is 6.92 Å². The van der Waals surface area contributed by atoms with Gasteiger partial charge in [0.25, 0.3) is 0 Å². The van der Waals surface area contributed by atoms with Crippen LogP contribution in [-0.4, -0.2) is 18.1 Å². The van der Waals surface area contributed by atoms with E-state index in [1.165, 1.54) is 25.7 Å². The molecule has 1 saturated carbocycles. The molecule has 0 spiro atoms. The van der Waals surface area contributed by atoms with Gasteiger partial charge in [-0.2, -0.15) is 0 Å². The van der Waals surface area contributed by atoms with Crippen molar-refractivity contribution in [2.24, 2.45) is 5.92 Å². The van der Waals surface area contributed by atoms with Gasteiger partial charge in [-0.25, -0.2) is 0 Å². The number of aryl methyl sites for hydroxylation is 1. The number of anilines is 1. The molecular formula is C14H22N2O. The maximum Gasteiger partial charge on any atom is 0.160 e.